The lowest BCUT2D eigenvalue weighted by Gasteiger charge is -2.26. The van der Waals surface area contributed by atoms with Crippen LogP contribution in [0.25, 0.3) is 6.08 Å². The van der Waals surface area contributed by atoms with Crippen molar-refractivity contribution < 1.29 is 14.3 Å². The highest BCUT2D eigenvalue weighted by Crippen LogP contribution is 2.13. The smallest absolute Gasteiger partial charge is 0.261 e. The maximum atomic E-state index is 12.1. The van der Waals surface area contributed by atoms with Crippen molar-refractivity contribution in [3.8, 4) is 11.8 Å². The Morgan fingerprint density at radius 2 is 2.09 bits per heavy atom. The highest BCUT2D eigenvalue weighted by molar-refractivity contribution is 6.01. The van der Waals surface area contributed by atoms with Crippen LogP contribution in [-0.2, 0) is 9.53 Å². The van der Waals surface area contributed by atoms with E-state index in [2.05, 4.69) is 10.2 Å². The molecule has 2 rings (SSSR count). The molecule has 1 fully saturated rings. The normalized spacial score (nSPS) is 15.7. The number of rotatable bonds is 6. The zero-order chi connectivity index (χ0) is 16.5. The Labute approximate surface area is 136 Å². The number of nitrogens with zero attached hydrogens (tertiary/aromatic N) is 2. The van der Waals surface area contributed by atoms with Crippen LogP contribution in [0.5, 0.6) is 5.75 Å². The van der Waals surface area contributed by atoms with Gasteiger partial charge in [0.2, 0.25) is 0 Å². The van der Waals surface area contributed by atoms with E-state index in [-0.39, 0.29) is 11.5 Å². The second kappa shape index (κ2) is 8.93. The molecule has 0 radical (unpaired) electrons. The van der Waals surface area contributed by atoms with Crippen molar-refractivity contribution in [3.63, 3.8) is 0 Å². The van der Waals surface area contributed by atoms with Crippen molar-refractivity contribution in [2.75, 3.05) is 46.5 Å². The first-order valence-corrected chi connectivity index (χ1v) is 7.57. The Hall–Kier alpha value is -2.36. The average molecular weight is 315 g/mol. The quantitative estimate of drug-likeness (QED) is 0.627. The molecule has 23 heavy (non-hydrogen) atoms. The summed E-state index contributed by atoms with van der Waals surface area (Å²) in [5.41, 5.74) is 0.878. The van der Waals surface area contributed by atoms with Crippen LogP contribution in [0.3, 0.4) is 0 Å². The Kier molecular flexibility index (Phi) is 6.60. The summed E-state index contributed by atoms with van der Waals surface area (Å²) < 4.78 is 10.4. The summed E-state index contributed by atoms with van der Waals surface area (Å²) in [6, 6.07) is 9.13. The number of hydrogen-bond acceptors (Lipinski definition) is 5. The molecule has 1 saturated heterocycles. The van der Waals surface area contributed by atoms with Gasteiger partial charge in [0.1, 0.15) is 17.4 Å². The molecule has 1 aromatic carbocycles. The lowest BCUT2D eigenvalue weighted by molar-refractivity contribution is -0.117. The van der Waals surface area contributed by atoms with Crippen LogP contribution in [0, 0.1) is 11.3 Å². The van der Waals surface area contributed by atoms with Crippen LogP contribution in [0.1, 0.15) is 5.56 Å². The molecular formula is C17H21N3O3. The largest absolute Gasteiger partial charge is 0.497 e. The summed E-state index contributed by atoms with van der Waals surface area (Å²) in [5, 5.41) is 12.0. The molecule has 122 valence electrons. The monoisotopic (exact) mass is 315 g/mol. The van der Waals surface area contributed by atoms with Gasteiger partial charge >= 0.3 is 0 Å². The van der Waals surface area contributed by atoms with Crippen molar-refractivity contribution in [2.45, 2.75) is 0 Å². The third kappa shape index (κ3) is 5.40. The Bertz CT molecular complexity index is 584. The molecule has 0 saturated carbocycles. The van der Waals surface area contributed by atoms with E-state index in [1.165, 1.54) is 0 Å². The van der Waals surface area contributed by atoms with Crippen LogP contribution < -0.4 is 10.1 Å². The van der Waals surface area contributed by atoms with E-state index in [4.69, 9.17) is 9.47 Å². The van der Waals surface area contributed by atoms with Crippen molar-refractivity contribution in [3.05, 3.63) is 35.4 Å². The molecular weight excluding hydrogens is 294 g/mol. The fourth-order valence-corrected chi connectivity index (χ4v) is 2.26. The number of hydrogen-bond donors (Lipinski definition) is 1. The Morgan fingerprint density at radius 1 is 1.39 bits per heavy atom. The third-order valence-corrected chi connectivity index (χ3v) is 3.61. The summed E-state index contributed by atoms with van der Waals surface area (Å²) >= 11 is 0. The maximum absolute atomic E-state index is 12.1. The number of carbonyl (C=O) groups is 1. The molecule has 0 aromatic heterocycles. The van der Waals surface area contributed by atoms with Crippen molar-refractivity contribution in [1.29, 1.82) is 5.26 Å². The molecule has 1 heterocycles. The second-order valence-corrected chi connectivity index (χ2v) is 5.15. The fraction of sp³-hybridized carbons (Fsp3) is 0.412. The van der Waals surface area contributed by atoms with Gasteiger partial charge in [-0.05, 0) is 23.8 Å². The van der Waals surface area contributed by atoms with E-state index in [0.717, 1.165) is 44.2 Å². The highest BCUT2D eigenvalue weighted by atomic mass is 16.5. The zero-order valence-corrected chi connectivity index (χ0v) is 13.2. The first-order chi connectivity index (χ1) is 11.2. The lowest BCUT2D eigenvalue weighted by Crippen LogP contribution is -2.41. The van der Waals surface area contributed by atoms with Crippen LogP contribution in [0.4, 0.5) is 0 Å². The van der Waals surface area contributed by atoms with Crippen LogP contribution >= 0.6 is 0 Å². The summed E-state index contributed by atoms with van der Waals surface area (Å²) in [4.78, 5) is 14.3. The minimum atomic E-state index is -0.350. The number of nitriles is 1. The predicted molar refractivity (Wildman–Crippen MR) is 86.9 cm³/mol. The molecule has 0 aliphatic carbocycles. The number of ether oxygens (including phenoxy) is 2. The highest BCUT2D eigenvalue weighted by Gasteiger charge is 2.12. The molecule has 1 amide bonds. The van der Waals surface area contributed by atoms with Gasteiger partial charge in [-0.15, -0.1) is 0 Å². The lowest BCUT2D eigenvalue weighted by atomic mass is 10.1. The fourth-order valence-electron chi connectivity index (χ4n) is 2.26. The molecule has 0 unspecified atom stereocenters. The van der Waals surface area contributed by atoms with Gasteiger partial charge in [0.15, 0.2) is 0 Å². The summed E-state index contributed by atoms with van der Waals surface area (Å²) in [5.74, 6) is 0.382. The van der Waals surface area contributed by atoms with E-state index in [9.17, 15) is 10.1 Å². The number of carbonyl (C=O) groups excluding carboxylic acids is 1. The average Bonchev–Trinajstić information content (AvgIpc) is 2.61. The van der Waals surface area contributed by atoms with Gasteiger partial charge in [0.25, 0.3) is 5.91 Å². The Morgan fingerprint density at radius 3 is 2.70 bits per heavy atom. The third-order valence-electron chi connectivity index (χ3n) is 3.61. The first kappa shape index (κ1) is 17.0. The summed E-state index contributed by atoms with van der Waals surface area (Å²) in [6.45, 7) is 4.49. The molecule has 1 aliphatic heterocycles. The summed E-state index contributed by atoms with van der Waals surface area (Å²) in [6.07, 6.45) is 1.57. The number of methoxy groups -OCH3 is 1. The molecule has 6 nitrogen and oxygen atoms in total. The number of morpholine rings is 1. The van der Waals surface area contributed by atoms with E-state index in [1.807, 2.05) is 6.07 Å². The predicted octanol–water partition coefficient (Wildman–Crippen LogP) is 1.05. The molecule has 1 N–H and O–H groups in total. The first-order valence-electron chi connectivity index (χ1n) is 7.57. The van der Waals surface area contributed by atoms with Crippen LogP contribution in [-0.4, -0.2) is 57.3 Å². The topological polar surface area (TPSA) is 74.6 Å². The van der Waals surface area contributed by atoms with Gasteiger partial charge in [0, 0.05) is 26.2 Å². The van der Waals surface area contributed by atoms with Crippen molar-refractivity contribution >= 4 is 12.0 Å². The van der Waals surface area contributed by atoms with Gasteiger partial charge in [-0.25, -0.2) is 0 Å². The van der Waals surface area contributed by atoms with Gasteiger partial charge in [0.05, 0.1) is 20.3 Å². The molecule has 1 aromatic rings. The van der Waals surface area contributed by atoms with Crippen molar-refractivity contribution in [1.82, 2.24) is 10.2 Å². The number of nitrogens with one attached hydrogen (secondary N) is 1. The minimum absolute atomic E-state index is 0.0946. The zero-order valence-electron chi connectivity index (χ0n) is 13.2. The molecule has 6 heteroatoms. The molecule has 0 spiro atoms. The van der Waals surface area contributed by atoms with Gasteiger partial charge < -0.3 is 14.8 Å². The number of benzene rings is 1. The Balaban J connectivity index is 1.87. The second-order valence-electron chi connectivity index (χ2n) is 5.15. The number of amides is 1. The maximum Gasteiger partial charge on any atom is 0.261 e. The SMILES string of the molecule is COc1ccc(/C=C(\C#N)C(=O)NCCN2CCOCC2)cc1. The molecule has 1 aliphatic rings. The molecule has 0 bridgehead atoms. The summed E-state index contributed by atoms with van der Waals surface area (Å²) in [7, 11) is 1.59. The molecule has 0 atom stereocenters. The van der Waals surface area contributed by atoms with Gasteiger partial charge in [-0.3, -0.25) is 9.69 Å². The van der Waals surface area contributed by atoms with E-state index >= 15 is 0 Å². The van der Waals surface area contributed by atoms with E-state index in [1.54, 1.807) is 37.5 Å². The van der Waals surface area contributed by atoms with Crippen LogP contribution in [0.15, 0.2) is 29.8 Å². The van der Waals surface area contributed by atoms with Gasteiger partial charge in [-0.1, -0.05) is 12.1 Å². The standard InChI is InChI=1S/C17H21N3O3/c1-22-16-4-2-14(3-5-16)12-15(13-18)17(21)19-6-7-20-8-10-23-11-9-20/h2-5,12H,6-11H2,1H3,(H,19,21)/b15-12+. The van der Waals surface area contributed by atoms with Crippen LogP contribution in [0.2, 0.25) is 0 Å². The van der Waals surface area contributed by atoms with E-state index in [0.29, 0.717) is 6.54 Å². The van der Waals surface area contributed by atoms with Crippen molar-refractivity contribution in [2.24, 2.45) is 0 Å². The van der Waals surface area contributed by atoms with Gasteiger partial charge in [-0.2, -0.15) is 5.26 Å². The van der Waals surface area contributed by atoms with E-state index < -0.39 is 0 Å². The minimum Gasteiger partial charge on any atom is -0.497 e.